The molecule has 0 aliphatic carbocycles. The molecule has 0 unspecified atom stereocenters. The van der Waals surface area contributed by atoms with Gasteiger partial charge in [-0.2, -0.15) is 0 Å². The van der Waals surface area contributed by atoms with Crippen molar-refractivity contribution in [3.8, 4) is 0 Å². The van der Waals surface area contributed by atoms with Gasteiger partial charge in [-0.05, 0) is 32.1 Å². The zero-order chi connectivity index (χ0) is 25.2. The van der Waals surface area contributed by atoms with E-state index in [1.807, 2.05) is 19.1 Å². The van der Waals surface area contributed by atoms with E-state index in [0.717, 1.165) is 6.42 Å². The number of carbonyl (C=O) groups excluding carboxylic acids is 3. The van der Waals surface area contributed by atoms with E-state index in [4.69, 9.17) is 11.6 Å². The average molecular weight is 501 g/mol. The highest BCUT2D eigenvalue weighted by molar-refractivity contribution is 7.09. The van der Waals surface area contributed by atoms with Crippen LogP contribution >= 0.6 is 22.9 Å². The summed E-state index contributed by atoms with van der Waals surface area (Å²) >= 11 is 6.83. The molecule has 0 aromatic carbocycles. The van der Waals surface area contributed by atoms with E-state index >= 15 is 0 Å². The third-order valence-corrected chi connectivity index (χ3v) is 5.75. The van der Waals surface area contributed by atoms with E-state index in [9.17, 15) is 24.3 Å². The van der Waals surface area contributed by atoms with Gasteiger partial charge in [-0.1, -0.05) is 32.9 Å². The summed E-state index contributed by atoms with van der Waals surface area (Å²) < 4.78 is 0. The molecule has 2 atom stereocenters. The van der Waals surface area contributed by atoms with Crippen molar-refractivity contribution in [1.29, 1.82) is 0 Å². The molecule has 0 fully saturated rings. The lowest BCUT2D eigenvalue weighted by Gasteiger charge is -2.28. The number of carbonyl (C=O) groups is 4. The second kappa shape index (κ2) is 13.3. The number of alkyl halides is 1. The summed E-state index contributed by atoms with van der Waals surface area (Å²) in [6.45, 7) is 8.45. The van der Waals surface area contributed by atoms with Gasteiger partial charge in [0.1, 0.15) is 22.3 Å². The molecule has 0 saturated carbocycles. The van der Waals surface area contributed by atoms with Crippen LogP contribution in [0.2, 0.25) is 0 Å². The molecule has 0 bridgehead atoms. The fourth-order valence-corrected chi connectivity index (χ4v) is 3.57. The Hall–Kier alpha value is -2.46. The summed E-state index contributed by atoms with van der Waals surface area (Å²) in [7, 11) is 0. The van der Waals surface area contributed by atoms with E-state index in [0.29, 0.717) is 17.3 Å². The van der Waals surface area contributed by atoms with Gasteiger partial charge < -0.3 is 21.1 Å². The smallest absolute Gasteiger partial charge is 0.326 e. The van der Waals surface area contributed by atoms with E-state index in [2.05, 4.69) is 20.9 Å². The third-order valence-electron chi connectivity index (χ3n) is 4.68. The Kier molecular flexibility index (Phi) is 11.5. The van der Waals surface area contributed by atoms with Crippen LogP contribution in [0.15, 0.2) is 17.5 Å². The number of allylic oxidation sites excluding steroid dienone is 2. The standard InChI is InChI=1S/C22H33ClN4O5S/c1-13(2)18(20(30)31)26-21(32)22(4,5)27-19(29)15-12-33-17(25-15)11-24-16(28)10-14(3)8-6-7-9-23/h6,8,12-14,18H,7,9-11H2,1-5H3,(H,24,28)(H,26,32)(H,27,29)(H,30,31)/b8-6+/t14-,18+/m1/s1. The van der Waals surface area contributed by atoms with Gasteiger partial charge in [0.25, 0.3) is 5.91 Å². The van der Waals surface area contributed by atoms with Gasteiger partial charge in [0.05, 0.1) is 6.54 Å². The molecule has 11 heteroatoms. The summed E-state index contributed by atoms with van der Waals surface area (Å²) in [6.07, 6.45) is 4.98. The van der Waals surface area contributed by atoms with Crippen LogP contribution in [0, 0.1) is 11.8 Å². The molecule has 0 radical (unpaired) electrons. The van der Waals surface area contributed by atoms with Crippen LogP contribution in [0.5, 0.6) is 0 Å². The zero-order valence-electron chi connectivity index (χ0n) is 19.6. The quantitative estimate of drug-likeness (QED) is 0.243. The molecular formula is C22H33ClN4O5S. The Labute approximate surface area is 203 Å². The first-order valence-corrected chi connectivity index (χ1v) is 12.1. The first-order valence-electron chi connectivity index (χ1n) is 10.7. The van der Waals surface area contributed by atoms with Crippen molar-refractivity contribution in [1.82, 2.24) is 20.9 Å². The lowest BCUT2D eigenvalue weighted by Crippen LogP contribution is -2.58. The van der Waals surface area contributed by atoms with Crippen LogP contribution in [0.4, 0.5) is 0 Å². The SMILES string of the molecule is CC(C)[C@H](NC(=O)C(C)(C)NC(=O)c1csc(CNC(=O)C[C@H](C)/C=C/CCCl)n1)C(=O)O. The number of hydrogen-bond donors (Lipinski definition) is 4. The number of aliphatic carboxylic acids is 1. The Morgan fingerprint density at radius 3 is 2.48 bits per heavy atom. The molecule has 0 spiro atoms. The maximum Gasteiger partial charge on any atom is 0.326 e. The van der Waals surface area contributed by atoms with Crippen molar-refractivity contribution >= 4 is 46.6 Å². The maximum absolute atomic E-state index is 12.6. The number of halogens is 1. The molecule has 0 aliphatic rings. The lowest BCUT2D eigenvalue weighted by molar-refractivity contribution is -0.144. The number of hydrogen-bond acceptors (Lipinski definition) is 6. The molecule has 1 rings (SSSR count). The van der Waals surface area contributed by atoms with Gasteiger partial charge in [0, 0.05) is 17.7 Å². The fraction of sp³-hybridized carbons (Fsp3) is 0.591. The summed E-state index contributed by atoms with van der Waals surface area (Å²) in [5, 5.41) is 19.2. The van der Waals surface area contributed by atoms with Gasteiger partial charge in [-0.25, -0.2) is 9.78 Å². The molecule has 9 nitrogen and oxygen atoms in total. The Morgan fingerprint density at radius 2 is 1.91 bits per heavy atom. The summed E-state index contributed by atoms with van der Waals surface area (Å²) in [4.78, 5) is 52.7. The van der Waals surface area contributed by atoms with Crippen molar-refractivity contribution in [3.05, 3.63) is 28.2 Å². The normalized spacial score (nSPS) is 13.5. The lowest BCUT2D eigenvalue weighted by atomic mass is 10.00. The van der Waals surface area contributed by atoms with Crippen LogP contribution in [0.1, 0.15) is 63.0 Å². The average Bonchev–Trinajstić information content (AvgIpc) is 3.19. The zero-order valence-corrected chi connectivity index (χ0v) is 21.2. The monoisotopic (exact) mass is 500 g/mol. The van der Waals surface area contributed by atoms with E-state index in [-0.39, 0.29) is 30.0 Å². The highest BCUT2D eigenvalue weighted by Crippen LogP contribution is 2.13. The van der Waals surface area contributed by atoms with Crippen LogP contribution in [-0.2, 0) is 20.9 Å². The predicted octanol–water partition coefficient (Wildman–Crippen LogP) is 2.70. The Bertz CT molecular complexity index is 869. The number of rotatable bonds is 13. The molecule has 0 aliphatic heterocycles. The van der Waals surface area contributed by atoms with E-state index < -0.39 is 29.4 Å². The fourth-order valence-electron chi connectivity index (χ4n) is 2.73. The number of amides is 3. The van der Waals surface area contributed by atoms with Crippen molar-refractivity contribution in [2.75, 3.05) is 5.88 Å². The molecule has 1 aromatic heterocycles. The number of nitrogens with zero attached hydrogens (tertiary/aromatic N) is 1. The van der Waals surface area contributed by atoms with Crippen molar-refractivity contribution in [2.24, 2.45) is 11.8 Å². The van der Waals surface area contributed by atoms with Crippen molar-refractivity contribution in [3.63, 3.8) is 0 Å². The largest absolute Gasteiger partial charge is 0.480 e. The van der Waals surface area contributed by atoms with Gasteiger partial charge in [0.15, 0.2) is 0 Å². The van der Waals surface area contributed by atoms with Crippen molar-refractivity contribution in [2.45, 2.75) is 65.6 Å². The third kappa shape index (κ3) is 9.91. The number of aromatic nitrogens is 1. The highest BCUT2D eigenvalue weighted by atomic mass is 35.5. The number of nitrogens with one attached hydrogen (secondary N) is 3. The minimum atomic E-state index is -1.36. The minimum Gasteiger partial charge on any atom is -0.480 e. The van der Waals surface area contributed by atoms with Crippen molar-refractivity contribution < 1.29 is 24.3 Å². The molecule has 3 amide bonds. The van der Waals surface area contributed by atoms with Crippen LogP contribution < -0.4 is 16.0 Å². The highest BCUT2D eigenvalue weighted by Gasteiger charge is 2.34. The molecule has 0 saturated heterocycles. The van der Waals surface area contributed by atoms with Gasteiger partial charge >= 0.3 is 5.97 Å². The summed E-state index contributed by atoms with van der Waals surface area (Å²) in [5.74, 6) is -2.16. The van der Waals surface area contributed by atoms with Gasteiger partial charge in [0.2, 0.25) is 11.8 Å². The Balaban J connectivity index is 2.63. The molecule has 184 valence electrons. The number of carboxylic acids is 1. The first kappa shape index (κ1) is 28.6. The van der Waals surface area contributed by atoms with Crippen LogP contribution in [0.25, 0.3) is 0 Å². The van der Waals surface area contributed by atoms with E-state index in [1.165, 1.54) is 30.6 Å². The van der Waals surface area contributed by atoms with E-state index in [1.54, 1.807) is 13.8 Å². The molecule has 1 heterocycles. The number of thiazole rings is 1. The summed E-state index contributed by atoms with van der Waals surface area (Å²) in [5.41, 5.74) is -1.24. The molecule has 4 N–H and O–H groups in total. The van der Waals surface area contributed by atoms with Crippen LogP contribution in [0.3, 0.4) is 0 Å². The number of carboxylic acid groups (broad SMARTS) is 1. The molecular weight excluding hydrogens is 468 g/mol. The molecule has 1 aromatic rings. The van der Waals surface area contributed by atoms with Gasteiger partial charge in [-0.15, -0.1) is 22.9 Å². The predicted molar refractivity (Wildman–Crippen MR) is 128 cm³/mol. The van der Waals surface area contributed by atoms with Gasteiger partial charge in [-0.3, -0.25) is 14.4 Å². The topological polar surface area (TPSA) is 137 Å². The summed E-state index contributed by atoms with van der Waals surface area (Å²) in [6, 6.07) is -1.07. The second-order valence-electron chi connectivity index (χ2n) is 8.60. The minimum absolute atomic E-state index is 0.0793. The maximum atomic E-state index is 12.6. The Morgan fingerprint density at radius 1 is 1.24 bits per heavy atom. The second-order valence-corrected chi connectivity index (χ2v) is 9.92. The molecule has 33 heavy (non-hydrogen) atoms. The van der Waals surface area contributed by atoms with Crippen LogP contribution in [-0.4, -0.2) is 51.2 Å². The first-order chi connectivity index (χ1) is 15.4.